The first-order chi connectivity index (χ1) is 10.3. The second kappa shape index (κ2) is 8.11. The van der Waals surface area contributed by atoms with Crippen LogP contribution in [0.25, 0.3) is 0 Å². The first kappa shape index (κ1) is 17.6. The van der Waals surface area contributed by atoms with E-state index in [1.165, 1.54) is 24.3 Å². The molecule has 2 amide bonds. The van der Waals surface area contributed by atoms with E-state index in [0.29, 0.717) is 12.3 Å². The number of carbonyl (C=O) groups excluding carboxylic acids is 2. The van der Waals surface area contributed by atoms with E-state index in [1.54, 1.807) is 6.92 Å². The molecule has 0 heterocycles. The maximum absolute atomic E-state index is 11.9. The minimum Gasteiger partial charge on any atom is -0.484 e. The minimum absolute atomic E-state index is 0.158. The van der Waals surface area contributed by atoms with Crippen molar-refractivity contribution in [3.63, 3.8) is 0 Å². The fourth-order valence-electron chi connectivity index (χ4n) is 1.33. The molecule has 9 heteroatoms. The molecule has 6 nitrogen and oxygen atoms in total. The van der Waals surface area contributed by atoms with Gasteiger partial charge in [-0.25, -0.2) is 4.79 Å². The normalized spacial score (nSPS) is 10.7. The molecule has 1 aromatic carbocycles. The molecule has 22 heavy (non-hydrogen) atoms. The fraction of sp³-hybridized carbons (Fsp3) is 0.385. The van der Waals surface area contributed by atoms with Crippen LogP contribution in [0, 0.1) is 0 Å². The Morgan fingerprint density at radius 1 is 1.18 bits per heavy atom. The fourth-order valence-corrected chi connectivity index (χ4v) is 1.33. The van der Waals surface area contributed by atoms with Crippen molar-refractivity contribution in [1.29, 1.82) is 0 Å². The molecule has 1 aromatic rings. The van der Waals surface area contributed by atoms with Gasteiger partial charge in [-0.1, -0.05) is 0 Å². The molecule has 0 atom stereocenters. The summed E-state index contributed by atoms with van der Waals surface area (Å²) in [6.07, 6.45) is -5.79. The molecule has 0 aliphatic rings. The summed E-state index contributed by atoms with van der Waals surface area (Å²) in [4.78, 5) is 22.3. The third-order valence-corrected chi connectivity index (χ3v) is 2.21. The Hall–Kier alpha value is -2.45. The number of likely N-dealkylation sites (N-methyl/N-ethyl adjacent to an activating group) is 1. The molecule has 1 rings (SSSR count). The van der Waals surface area contributed by atoms with E-state index in [4.69, 9.17) is 4.74 Å². The summed E-state index contributed by atoms with van der Waals surface area (Å²) in [5.41, 5.74) is 0.234. The average Bonchev–Trinajstić information content (AvgIpc) is 2.44. The molecule has 0 spiro atoms. The maximum atomic E-state index is 11.9. The van der Waals surface area contributed by atoms with Crippen LogP contribution in [0.3, 0.4) is 0 Å². The first-order valence-corrected chi connectivity index (χ1v) is 6.30. The topological polar surface area (TPSA) is 76.7 Å². The van der Waals surface area contributed by atoms with Crippen molar-refractivity contribution in [2.75, 3.05) is 25.1 Å². The summed E-state index contributed by atoms with van der Waals surface area (Å²) in [5.74, 6) is 0.0980. The van der Waals surface area contributed by atoms with E-state index in [-0.39, 0.29) is 18.2 Å². The van der Waals surface area contributed by atoms with Gasteiger partial charge in [0.15, 0.2) is 13.2 Å². The van der Waals surface area contributed by atoms with E-state index in [0.717, 1.165) is 0 Å². The lowest BCUT2D eigenvalue weighted by Gasteiger charge is -2.10. The van der Waals surface area contributed by atoms with Gasteiger partial charge in [-0.2, -0.15) is 13.2 Å². The lowest BCUT2D eigenvalue weighted by molar-refractivity contribution is -0.159. The number of nitrogens with one attached hydrogen (secondary N) is 2. The summed E-state index contributed by atoms with van der Waals surface area (Å²) in [6, 6.07) is 5.72. The smallest absolute Gasteiger partial charge is 0.422 e. The molecule has 0 bridgehead atoms. The highest BCUT2D eigenvalue weighted by atomic mass is 19.4. The zero-order chi connectivity index (χ0) is 16.6. The number of halogens is 3. The summed E-state index contributed by atoms with van der Waals surface area (Å²) in [7, 11) is 0. The molecule has 0 aromatic heterocycles. The van der Waals surface area contributed by atoms with Crippen molar-refractivity contribution in [3.8, 4) is 5.75 Å². The Labute approximate surface area is 124 Å². The Bertz CT molecular complexity index is 503. The van der Waals surface area contributed by atoms with Crippen LogP contribution in [0.2, 0.25) is 0 Å². The van der Waals surface area contributed by atoms with Crippen LogP contribution in [0.5, 0.6) is 5.75 Å². The second-order valence-corrected chi connectivity index (χ2v) is 4.08. The van der Waals surface area contributed by atoms with Crippen LogP contribution >= 0.6 is 0 Å². The SMILES string of the molecule is CCNC(=O)COc1ccc(NC(=O)OCC(F)(F)F)cc1. The predicted octanol–water partition coefficient (Wildman–Crippen LogP) is 2.31. The lowest BCUT2D eigenvalue weighted by Crippen LogP contribution is -2.28. The van der Waals surface area contributed by atoms with Crippen molar-refractivity contribution < 1.29 is 32.2 Å². The largest absolute Gasteiger partial charge is 0.484 e. The quantitative estimate of drug-likeness (QED) is 0.843. The van der Waals surface area contributed by atoms with Crippen molar-refractivity contribution in [2.24, 2.45) is 0 Å². The zero-order valence-electron chi connectivity index (χ0n) is 11.7. The molecular weight excluding hydrogens is 305 g/mol. The van der Waals surface area contributed by atoms with E-state index in [9.17, 15) is 22.8 Å². The first-order valence-electron chi connectivity index (χ1n) is 6.30. The molecule has 0 saturated heterocycles. The van der Waals surface area contributed by atoms with Crippen molar-refractivity contribution in [1.82, 2.24) is 5.32 Å². The van der Waals surface area contributed by atoms with Crippen LogP contribution in [0.1, 0.15) is 6.92 Å². The van der Waals surface area contributed by atoms with Gasteiger partial charge in [-0.05, 0) is 31.2 Å². The van der Waals surface area contributed by atoms with Gasteiger partial charge in [0.2, 0.25) is 0 Å². The molecule has 0 fully saturated rings. The average molecular weight is 320 g/mol. The molecule has 0 radical (unpaired) electrons. The number of alkyl halides is 3. The zero-order valence-corrected chi connectivity index (χ0v) is 11.7. The molecule has 0 aliphatic heterocycles. The molecule has 0 aliphatic carbocycles. The molecule has 0 unspecified atom stereocenters. The Balaban J connectivity index is 2.41. The van der Waals surface area contributed by atoms with Crippen LogP contribution in [0.4, 0.5) is 23.7 Å². The van der Waals surface area contributed by atoms with Gasteiger partial charge >= 0.3 is 12.3 Å². The van der Waals surface area contributed by atoms with Gasteiger partial charge in [0.25, 0.3) is 5.91 Å². The lowest BCUT2D eigenvalue weighted by atomic mass is 10.3. The van der Waals surface area contributed by atoms with Gasteiger partial charge in [0.05, 0.1) is 0 Å². The van der Waals surface area contributed by atoms with Crippen LogP contribution < -0.4 is 15.4 Å². The Morgan fingerprint density at radius 3 is 2.36 bits per heavy atom. The molecule has 122 valence electrons. The Kier molecular flexibility index (Phi) is 6.48. The third kappa shape index (κ3) is 7.36. The standard InChI is InChI=1S/C13H15F3N2O4/c1-2-17-11(19)7-21-10-5-3-9(4-6-10)18-12(20)22-8-13(14,15)16/h3-6H,2,7-8H2,1H3,(H,17,19)(H,18,20). The van der Waals surface area contributed by atoms with Gasteiger partial charge in [-0.3, -0.25) is 10.1 Å². The van der Waals surface area contributed by atoms with Gasteiger partial charge < -0.3 is 14.8 Å². The molecule has 0 saturated carbocycles. The number of hydrogen-bond acceptors (Lipinski definition) is 4. The van der Waals surface area contributed by atoms with Crippen molar-refractivity contribution >= 4 is 17.7 Å². The molecular formula is C13H15F3N2O4. The maximum Gasteiger partial charge on any atom is 0.422 e. The monoisotopic (exact) mass is 320 g/mol. The Morgan fingerprint density at radius 2 is 1.82 bits per heavy atom. The van der Waals surface area contributed by atoms with E-state index in [2.05, 4.69) is 15.4 Å². The number of amides is 2. The second-order valence-electron chi connectivity index (χ2n) is 4.08. The summed E-state index contributed by atoms with van der Waals surface area (Å²) in [6.45, 7) is 0.447. The van der Waals surface area contributed by atoms with Gasteiger partial charge in [-0.15, -0.1) is 0 Å². The highest BCUT2D eigenvalue weighted by molar-refractivity contribution is 5.84. The van der Waals surface area contributed by atoms with E-state index in [1.807, 2.05) is 0 Å². The number of ether oxygens (including phenoxy) is 2. The van der Waals surface area contributed by atoms with Gasteiger partial charge in [0, 0.05) is 12.2 Å². The highest BCUT2D eigenvalue weighted by Gasteiger charge is 2.29. The highest BCUT2D eigenvalue weighted by Crippen LogP contribution is 2.17. The number of benzene rings is 1. The number of anilines is 1. The summed E-state index contributed by atoms with van der Waals surface area (Å²) >= 11 is 0. The third-order valence-electron chi connectivity index (χ3n) is 2.21. The van der Waals surface area contributed by atoms with E-state index >= 15 is 0 Å². The van der Waals surface area contributed by atoms with Gasteiger partial charge in [0.1, 0.15) is 5.75 Å². The van der Waals surface area contributed by atoms with Crippen LogP contribution in [0.15, 0.2) is 24.3 Å². The molecule has 2 N–H and O–H groups in total. The van der Waals surface area contributed by atoms with E-state index < -0.39 is 18.9 Å². The minimum atomic E-state index is -4.58. The number of rotatable bonds is 6. The number of hydrogen-bond donors (Lipinski definition) is 2. The van der Waals surface area contributed by atoms with Crippen molar-refractivity contribution in [3.05, 3.63) is 24.3 Å². The summed E-state index contributed by atoms with van der Waals surface area (Å²) in [5, 5.41) is 4.68. The van der Waals surface area contributed by atoms with Crippen LogP contribution in [-0.4, -0.2) is 37.9 Å². The summed E-state index contributed by atoms with van der Waals surface area (Å²) < 4.78 is 44.7. The number of carbonyl (C=O) groups is 2. The predicted molar refractivity (Wildman–Crippen MR) is 71.6 cm³/mol. The van der Waals surface area contributed by atoms with Crippen molar-refractivity contribution in [2.45, 2.75) is 13.1 Å². The van der Waals surface area contributed by atoms with Crippen LogP contribution in [-0.2, 0) is 9.53 Å².